The molecule has 0 fully saturated rings. The Hall–Kier alpha value is -1.10. The molecule has 1 heterocycles. The van der Waals surface area contributed by atoms with Crippen molar-refractivity contribution in [1.29, 1.82) is 0 Å². The van der Waals surface area contributed by atoms with E-state index in [1.807, 2.05) is 18.7 Å². The molecule has 0 aliphatic heterocycles. The first-order chi connectivity index (χ1) is 6.20. The molecule has 0 saturated carbocycles. The molecular formula is C8H12N2O2S. The van der Waals surface area contributed by atoms with Crippen molar-refractivity contribution in [3.8, 4) is 0 Å². The number of hydrogen-bond acceptors (Lipinski definition) is 4. The molecule has 1 aromatic rings. The maximum absolute atomic E-state index is 10.8. The van der Waals surface area contributed by atoms with Crippen molar-refractivity contribution in [2.24, 2.45) is 0 Å². The van der Waals surface area contributed by atoms with Crippen LogP contribution in [0.4, 0.5) is 5.69 Å². The number of carboxylic acids is 1. The number of hydrogen-bond donors (Lipinski definition) is 1. The van der Waals surface area contributed by atoms with E-state index in [2.05, 4.69) is 4.37 Å². The van der Waals surface area contributed by atoms with Crippen LogP contribution in [0.15, 0.2) is 6.20 Å². The predicted molar refractivity (Wildman–Crippen MR) is 52.6 cm³/mol. The molecular weight excluding hydrogens is 188 g/mol. The molecule has 0 bridgehead atoms. The van der Waals surface area contributed by atoms with Gasteiger partial charge in [0.05, 0.1) is 11.9 Å². The van der Waals surface area contributed by atoms with Crippen LogP contribution in [-0.4, -0.2) is 28.5 Å². The third kappa shape index (κ3) is 1.98. The Morgan fingerprint density at radius 2 is 2.23 bits per heavy atom. The van der Waals surface area contributed by atoms with Crippen LogP contribution in [0.25, 0.3) is 0 Å². The van der Waals surface area contributed by atoms with Gasteiger partial charge < -0.3 is 10.0 Å². The van der Waals surface area contributed by atoms with E-state index >= 15 is 0 Å². The lowest BCUT2D eigenvalue weighted by atomic mass is 10.3. The normalized spacial score (nSPS) is 10.0. The summed E-state index contributed by atoms with van der Waals surface area (Å²) in [4.78, 5) is 13.1. The van der Waals surface area contributed by atoms with E-state index < -0.39 is 5.97 Å². The molecule has 1 rings (SSSR count). The zero-order valence-electron chi connectivity index (χ0n) is 7.65. The zero-order chi connectivity index (χ0) is 9.84. The van der Waals surface area contributed by atoms with E-state index in [4.69, 9.17) is 5.11 Å². The van der Waals surface area contributed by atoms with Gasteiger partial charge in [0.25, 0.3) is 0 Å². The Morgan fingerprint density at radius 3 is 2.69 bits per heavy atom. The van der Waals surface area contributed by atoms with Crippen molar-refractivity contribution < 1.29 is 9.90 Å². The second-order valence-corrected chi connectivity index (χ2v) is 3.32. The van der Waals surface area contributed by atoms with Crippen molar-refractivity contribution in [1.82, 2.24) is 4.37 Å². The molecule has 1 N–H and O–H groups in total. The average molecular weight is 200 g/mol. The molecule has 0 unspecified atom stereocenters. The van der Waals surface area contributed by atoms with Crippen LogP contribution < -0.4 is 4.90 Å². The summed E-state index contributed by atoms with van der Waals surface area (Å²) in [7, 11) is 0. The lowest BCUT2D eigenvalue weighted by Gasteiger charge is -2.19. The highest BCUT2D eigenvalue weighted by Crippen LogP contribution is 2.23. The van der Waals surface area contributed by atoms with Gasteiger partial charge >= 0.3 is 5.97 Å². The van der Waals surface area contributed by atoms with Gasteiger partial charge in [-0.25, -0.2) is 4.79 Å². The lowest BCUT2D eigenvalue weighted by molar-refractivity contribution is 0.0703. The lowest BCUT2D eigenvalue weighted by Crippen LogP contribution is -2.22. The second kappa shape index (κ2) is 4.23. The molecule has 0 aliphatic rings. The standard InChI is InChI=1S/C8H12N2O2S/c1-3-10(4-2)6-5-9-13-7(6)8(11)12/h5H,3-4H2,1-2H3,(H,11,12). The van der Waals surface area contributed by atoms with Gasteiger partial charge in [0.1, 0.15) is 0 Å². The maximum Gasteiger partial charge on any atom is 0.349 e. The molecule has 72 valence electrons. The summed E-state index contributed by atoms with van der Waals surface area (Å²) < 4.78 is 3.88. The summed E-state index contributed by atoms with van der Waals surface area (Å²) in [5.41, 5.74) is 0.725. The largest absolute Gasteiger partial charge is 0.477 e. The first kappa shape index (κ1) is 9.98. The van der Waals surface area contributed by atoms with Crippen LogP contribution in [0.2, 0.25) is 0 Å². The van der Waals surface area contributed by atoms with E-state index in [0.717, 1.165) is 30.3 Å². The van der Waals surface area contributed by atoms with Crippen molar-refractivity contribution in [3.05, 3.63) is 11.1 Å². The van der Waals surface area contributed by atoms with Crippen molar-refractivity contribution in [2.75, 3.05) is 18.0 Å². The Morgan fingerprint density at radius 1 is 1.62 bits per heavy atom. The fourth-order valence-electron chi connectivity index (χ4n) is 1.17. The van der Waals surface area contributed by atoms with Crippen molar-refractivity contribution >= 4 is 23.2 Å². The number of aromatic carboxylic acids is 1. The molecule has 0 aromatic carbocycles. The van der Waals surface area contributed by atoms with Crippen molar-refractivity contribution in [2.45, 2.75) is 13.8 Å². The molecule has 5 heteroatoms. The highest BCUT2D eigenvalue weighted by Gasteiger charge is 2.16. The molecule has 0 radical (unpaired) electrons. The summed E-state index contributed by atoms with van der Waals surface area (Å²) in [5, 5.41) is 8.84. The van der Waals surface area contributed by atoms with Gasteiger partial charge in [0.15, 0.2) is 4.88 Å². The molecule has 0 amide bonds. The molecule has 4 nitrogen and oxygen atoms in total. The minimum Gasteiger partial charge on any atom is -0.477 e. The molecule has 0 spiro atoms. The molecule has 0 saturated heterocycles. The van der Waals surface area contributed by atoms with Crippen molar-refractivity contribution in [3.63, 3.8) is 0 Å². The minimum absolute atomic E-state index is 0.323. The quantitative estimate of drug-likeness (QED) is 0.803. The van der Waals surface area contributed by atoms with Gasteiger partial charge in [-0.15, -0.1) is 0 Å². The Kier molecular flexibility index (Phi) is 3.25. The highest BCUT2D eigenvalue weighted by molar-refractivity contribution is 7.08. The molecule has 13 heavy (non-hydrogen) atoms. The fourth-order valence-corrected chi connectivity index (χ4v) is 1.78. The summed E-state index contributed by atoms with van der Waals surface area (Å²) in [6.07, 6.45) is 1.61. The highest BCUT2D eigenvalue weighted by atomic mass is 32.1. The van der Waals surface area contributed by atoms with Crippen LogP contribution >= 0.6 is 11.5 Å². The summed E-state index contributed by atoms with van der Waals surface area (Å²) in [6, 6.07) is 0. The van der Waals surface area contributed by atoms with E-state index in [-0.39, 0.29) is 0 Å². The first-order valence-electron chi connectivity index (χ1n) is 4.13. The van der Waals surface area contributed by atoms with Gasteiger partial charge in [0.2, 0.25) is 0 Å². The smallest absolute Gasteiger partial charge is 0.349 e. The van der Waals surface area contributed by atoms with Gasteiger partial charge in [-0.05, 0) is 25.4 Å². The SMILES string of the molecule is CCN(CC)c1cnsc1C(=O)O. The Bertz CT molecular complexity index is 294. The first-order valence-corrected chi connectivity index (χ1v) is 4.90. The van der Waals surface area contributed by atoms with E-state index in [1.54, 1.807) is 6.20 Å². The van der Waals surface area contributed by atoms with Gasteiger partial charge in [-0.2, -0.15) is 4.37 Å². The number of anilines is 1. The number of rotatable bonds is 4. The molecule has 0 atom stereocenters. The minimum atomic E-state index is -0.899. The summed E-state index contributed by atoms with van der Waals surface area (Å²) in [6.45, 7) is 5.59. The van der Waals surface area contributed by atoms with Crippen LogP contribution in [0.5, 0.6) is 0 Å². The Balaban J connectivity index is 2.98. The number of carbonyl (C=O) groups is 1. The van der Waals surface area contributed by atoms with Gasteiger partial charge in [-0.1, -0.05) is 0 Å². The van der Waals surface area contributed by atoms with Crippen LogP contribution in [0, 0.1) is 0 Å². The monoisotopic (exact) mass is 200 g/mol. The third-order valence-electron chi connectivity index (χ3n) is 1.85. The van der Waals surface area contributed by atoms with Crippen LogP contribution in [0.1, 0.15) is 23.5 Å². The predicted octanol–water partition coefficient (Wildman–Crippen LogP) is 1.69. The number of nitrogens with zero attached hydrogens (tertiary/aromatic N) is 2. The maximum atomic E-state index is 10.8. The second-order valence-electron chi connectivity index (χ2n) is 2.52. The summed E-state index contributed by atoms with van der Waals surface area (Å²) >= 11 is 1.03. The molecule has 0 aliphatic carbocycles. The zero-order valence-corrected chi connectivity index (χ0v) is 8.47. The fraction of sp³-hybridized carbons (Fsp3) is 0.500. The average Bonchev–Trinajstić information content (AvgIpc) is 2.55. The topological polar surface area (TPSA) is 53.4 Å². The van der Waals surface area contributed by atoms with E-state index in [0.29, 0.717) is 4.88 Å². The molecule has 1 aromatic heterocycles. The van der Waals surface area contributed by atoms with Gasteiger partial charge in [0, 0.05) is 13.1 Å². The van der Waals surface area contributed by atoms with Crippen LogP contribution in [-0.2, 0) is 0 Å². The third-order valence-corrected chi connectivity index (χ3v) is 2.63. The number of aromatic nitrogens is 1. The van der Waals surface area contributed by atoms with Gasteiger partial charge in [-0.3, -0.25) is 0 Å². The Labute approximate surface area is 81.0 Å². The summed E-state index contributed by atoms with van der Waals surface area (Å²) in [5.74, 6) is -0.899. The van der Waals surface area contributed by atoms with E-state index in [9.17, 15) is 4.79 Å². The number of carboxylic acid groups (broad SMARTS) is 1. The van der Waals surface area contributed by atoms with E-state index in [1.165, 1.54) is 0 Å². The van der Waals surface area contributed by atoms with Crippen LogP contribution in [0.3, 0.4) is 0 Å².